The van der Waals surface area contributed by atoms with Crippen LogP contribution in [0, 0.1) is 10.1 Å². The van der Waals surface area contributed by atoms with Gasteiger partial charge in [0.05, 0.1) is 11.1 Å². The molecule has 0 aromatic heterocycles. The van der Waals surface area contributed by atoms with Gasteiger partial charge >= 0.3 is 0 Å². The Labute approximate surface area is 145 Å². The molecule has 0 spiro atoms. The number of rotatable bonds is 7. The summed E-state index contributed by atoms with van der Waals surface area (Å²) in [7, 11) is 0. The first-order valence-corrected chi connectivity index (χ1v) is 7.82. The first-order valence-electron chi connectivity index (χ1n) is 7.82. The molecule has 7 nitrogen and oxygen atoms in total. The third-order valence-corrected chi connectivity index (χ3v) is 3.58. The largest absolute Gasteiger partial charge is 0.478 e. The monoisotopic (exact) mass is 343 g/mol. The summed E-state index contributed by atoms with van der Waals surface area (Å²) in [5.74, 6) is -0.00309. The van der Waals surface area contributed by atoms with E-state index in [0.717, 1.165) is 5.56 Å². The lowest BCUT2D eigenvalue weighted by atomic mass is 10.1. The van der Waals surface area contributed by atoms with Crippen molar-refractivity contribution in [2.24, 2.45) is 5.73 Å². The molecule has 1 amide bonds. The van der Waals surface area contributed by atoms with E-state index in [1.54, 1.807) is 13.8 Å². The van der Waals surface area contributed by atoms with E-state index < -0.39 is 16.7 Å². The Morgan fingerprint density at radius 2 is 1.80 bits per heavy atom. The maximum atomic E-state index is 12.4. The standard InChI is InChI=1S/C18H21N3O4/c1-18(2,25-15-10-8-14(9-11-15)21(23)24)17(22)20-16(19)12-13-6-4-3-5-7-13/h3-11,16H,12,19H2,1-2H3,(H,20,22). The number of nitro groups is 1. The van der Waals surface area contributed by atoms with Gasteiger partial charge in [0, 0.05) is 18.6 Å². The maximum absolute atomic E-state index is 12.4. The number of carbonyl (C=O) groups is 1. The predicted molar refractivity (Wildman–Crippen MR) is 94.1 cm³/mol. The number of non-ortho nitro benzene ring substituents is 1. The molecular formula is C18H21N3O4. The molecule has 2 aromatic rings. The number of nitrogens with two attached hydrogens (primary N) is 1. The van der Waals surface area contributed by atoms with E-state index in [-0.39, 0.29) is 11.6 Å². The van der Waals surface area contributed by atoms with Gasteiger partial charge in [0.2, 0.25) is 0 Å². The van der Waals surface area contributed by atoms with Crippen molar-refractivity contribution in [3.05, 3.63) is 70.3 Å². The van der Waals surface area contributed by atoms with E-state index in [4.69, 9.17) is 10.5 Å². The van der Waals surface area contributed by atoms with Crippen molar-refractivity contribution < 1.29 is 14.5 Å². The van der Waals surface area contributed by atoms with Crippen molar-refractivity contribution in [1.82, 2.24) is 5.32 Å². The smallest absolute Gasteiger partial charge is 0.269 e. The number of amides is 1. The lowest BCUT2D eigenvalue weighted by molar-refractivity contribution is -0.384. The van der Waals surface area contributed by atoms with Crippen molar-refractivity contribution in [1.29, 1.82) is 0 Å². The Morgan fingerprint density at radius 1 is 1.20 bits per heavy atom. The van der Waals surface area contributed by atoms with Crippen LogP contribution in [0.1, 0.15) is 19.4 Å². The number of carbonyl (C=O) groups excluding carboxylic acids is 1. The number of benzene rings is 2. The molecule has 1 unspecified atom stereocenters. The van der Waals surface area contributed by atoms with E-state index >= 15 is 0 Å². The van der Waals surface area contributed by atoms with Gasteiger partial charge in [0.25, 0.3) is 11.6 Å². The molecule has 0 heterocycles. The number of nitro benzene ring substituents is 1. The highest BCUT2D eigenvalue weighted by Crippen LogP contribution is 2.22. The van der Waals surface area contributed by atoms with Gasteiger partial charge in [0.15, 0.2) is 5.60 Å². The van der Waals surface area contributed by atoms with Crippen LogP contribution in [0.3, 0.4) is 0 Å². The van der Waals surface area contributed by atoms with Crippen molar-refractivity contribution in [2.45, 2.75) is 32.0 Å². The fourth-order valence-corrected chi connectivity index (χ4v) is 2.24. The topological polar surface area (TPSA) is 107 Å². The van der Waals surface area contributed by atoms with E-state index in [2.05, 4.69) is 5.32 Å². The highest BCUT2D eigenvalue weighted by atomic mass is 16.6. The fraction of sp³-hybridized carbons (Fsp3) is 0.278. The summed E-state index contributed by atoms with van der Waals surface area (Å²) in [5, 5.41) is 13.4. The number of ether oxygens (including phenoxy) is 1. The zero-order valence-electron chi connectivity index (χ0n) is 14.1. The number of hydrogen-bond acceptors (Lipinski definition) is 5. The Morgan fingerprint density at radius 3 is 2.36 bits per heavy atom. The summed E-state index contributed by atoms with van der Waals surface area (Å²) in [4.78, 5) is 22.6. The predicted octanol–water partition coefficient (Wildman–Crippen LogP) is 2.40. The zero-order chi connectivity index (χ0) is 18.4. The van der Waals surface area contributed by atoms with E-state index in [1.807, 2.05) is 30.3 Å². The summed E-state index contributed by atoms with van der Waals surface area (Å²) < 4.78 is 5.66. The lowest BCUT2D eigenvalue weighted by Gasteiger charge is -2.27. The van der Waals surface area contributed by atoms with Crippen LogP contribution in [-0.2, 0) is 11.2 Å². The molecule has 2 rings (SSSR count). The molecule has 0 aliphatic carbocycles. The Kier molecular flexibility index (Phi) is 5.71. The minimum Gasteiger partial charge on any atom is -0.478 e. The summed E-state index contributed by atoms with van der Waals surface area (Å²) >= 11 is 0. The second-order valence-electron chi connectivity index (χ2n) is 6.13. The van der Waals surface area contributed by atoms with Gasteiger partial charge in [-0.05, 0) is 31.5 Å². The summed E-state index contributed by atoms with van der Waals surface area (Å²) in [6.07, 6.45) is -0.0464. The van der Waals surface area contributed by atoms with Crippen LogP contribution in [0.2, 0.25) is 0 Å². The van der Waals surface area contributed by atoms with Crippen LogP contribution in [0.4, 0.5) is 5.69 Å². The quantitative estimate of drug-likeness (QED) is 0.456. The number of nitrogens with one attached hydrogen (secondary N) is 1. The second-order valence-corrected chi connectivity index (χ2v) is 6.13. The highest BCUT2D eigenvalue weighted by Gasteiger charge is 2.31. The molecule has 1 atom stereocenters. The van der Waals surface area contributed by atoms with Crippen LogP contribution in [0.25, 0.3) is 0 Å². The van der Waals surface area contributed by atoms with Gasteiger partial charge in [-0.15, -0.1) is 0 Å². The minimum absolute atomic E-state index is 0.0421. The molecule has 0 aliphatic heterocycles. The van der Waals surface area contributed by atoms with Crippen molar-refractivity contribution in [3.8, 4) is 5.75 Å². The van der Waals surface area contributed by atoms with Gasteiger partial charge in [-0.1, -0.05) is 30.3 Å². The minimum atomic E-state index is -1.18. The van der Waals surface area contributed by atoms with Gasteiger partial charge in [0.1, 0.15) is 5.75 Å². The fourth-order valence-electron chi connectivity index (χ4n) is 2.24. The average molecular weight is 343 g/mol. The van der Waals surface area contributed by atoms with E-state index in [0.29, 0.717) is 12.2 Å². The normalized spacial score (nSPS) is 12.3. The molecule has 132 valence electrons. The van der Waals surface area contributed by atoms with Crippen LogP contribution in [0.5, 0.6) is 5.75 Å². The molecule has 7 heteroatoms. The molecule has 3 N–H and O–H groups in total. The third kappa shape index (κ3) is 5.29. The second kappa shape index (κ2) is 7.76. The van der Waals surface area contributed by atoms with Gasteiger partial charge in [-0.25, -0.2) is 0 Å². The molecule has 2 aromatic carbocycles. The van der Waals surface area contributed by atoms with E-state index in [9.17, 15) is 14.9 Å². The number of hydrogen-bond donors (Lipinski definition) is 2. The van der Waals surface area contributed by atoms with Gasteiger partial charge in [-0.2, -0.15) is 0 Å². The zero-order valence-corrected chi connectivity index (χ0v) is 14.1. The Bertz CT molecular complexity index is 730. The molecule has 0 saturated heterocycles. The molecule has 0 radical (unpaired) electrons. The Hall–Kier alpha value is -2.93. The summed E-state index contributed by atoms with van der Waals surface area (Å²) in [5.41, 5.74) is 5.79. The van der Waals surface area contributed by atoms with E-state index in [1.165, 1.54) is 24.3 Å². The van der Waals surface area contributed by atoms with Crippen LogP contribution >= 0.6 is 0 Å². The molecule has 0 bridgehead atoms. The van der Waals surface area contributed by atoms with Gasteiger partial charge in [-0.3, -0.25) is 14.9 Å². The van der Waals surface area contributed by atoms with Crippen LogP contribution in [-0.4, -0.2) is 22.6 Å². The van der Waals surface area contributed by atoms with Crippen molar-refractivity contribution in [3.63, 3.8) is 0 Å². The van der Waals surface area contributed by atoms with Crippen molar-refractivity contribution >= 4 is 11.6 Å². The van der Waals surface area contributed by atoms with Crippen LogP contribution < -0.4 is 15.8 Å². The first-order chi connectivity index (χ1) is 11.8. The molecule has 0 aliphatic rings. The lowest BCUT2D eigenvalue weighted by Crippen LogP contribution is -2.53. The number of nitrogens with zero attached hydrogens (tertiary/aromatic N) is 1. The Balaban J connectivity index is 1.95. The maximum Gasteiger partial charge on any atom is 0.269 e. The first kappa shape index (κ1) is 18.4. The van der Waals surface area contributed by atoms with Crippen LogP contribution in [0.15, 0.2) is 54.6 Å². The summed E-state index contributed by atoms with van der Waals surface area (Å²) in [6, 6.07) is 15.2. The SMILES string of the molecule is CC(C)(Oc1ccc([N+](=O)[O-])cc1)C(=O)NC(N)Cc1ccccc1. The molecule has 25 heavy (non-hydrogen) atoms. The summed E-state index contributed by atoms with van der Waals surface area (Å²) in [6.45, 7) is 3.22. The average Bonchev–Trinajstić information content (AvgIpc) is 2.55. The molecule has 0 fully saturated rings. The molecule has 0 saturated carbocycles. The van der Waals surface area contributed by atoms with Crippen molar-refractivity contribution in [2.75, 3.05) is 0 Å². The molecular weight excluding hydrogens is 322 g/mol. The third-order valence-electron chi connectivity index (χ3n) is 3.58. The van der Waals surface area contributed by atoms with Gasteiger partial charge < -0.3 is 15.8 Å². The highest BCUT2D eigenvalue weighted by molar-refractivity contribution is 5.84.